The van der Waals surface area contributed by atoms with Crippen LogP contribution in [0.1, 0.15) is 24.1 Å². The summed E-state index contributed by atoms with van der Waals surface area (Å²) in [4.78, 5) is 32.2. The molecule has 1 amide bonds. The van der Waals surface area contributed by atoms with Crippen molar-refractivity contribution < 1.29 is 19.1 Å². The Morgan fingerprint density at radius 2 is 2.03 bits per heavy atom. The second-order valence-corrected chi connectivity index (χ2v) is 8.90. The quantitative estimate of drug-likeness (QED) is 0.450. The van der Waals surface area contributed by atoms with E-state index in [2.05, 4.69) is 10.3 Å². The van der Waals surface area contributed by atoms with Gasteiger partial charge in [-0.3, -0.25) is 14.2 Å². The average molecular weight is 488 g/mol. The molecular weight excluding hydrogens is 466 g/mol. The highest BCUT2D eigenvalue weighted by Gasteiger charge is 2.33. The van der Waals surface area contributed by atoms with Crippen LogP contribution in [-0.2, 0) is 4.79 Å². The molecule has 8 nitrogen and oxygen atoms in total. The van der Waals surface area contributed by atoms with Gasteiger partial charge >= 0.3 is 0 Å². The number of nitrogens with one attached hydrogen (secondary N) is 1. The monoisotopic (exact) mass is 487 g/mol. The first-order valence-electron chi connectivity index (χ1n) is 10.7. The minimum Gasteiger partial charge on any atom is -0.504 e. The zero-order chi connectivity index (χ0) is 24.5. The number of anilines is 1. The number of aromatic hydroxyl groups is 1. The number of phenols is 1. The van der Waals surface area contributed by atoms with Gasteiger partial charge in [0.2, 0.25) is 0 Å². The van der Waals surface area contributed by atoms with Gasteiger partial charge in [0.1, 0.15) is 0 Å². The minimum atomic E-state index is -0.782. The molecule has 0 radical (unpaired) electrons. The Labute approximate surface area is 203 Å². The number of para-hydroxylation sites is 1. The number of ether oxygens (including phenoxy) is 1. The Kier molecular flexibility index (Phi) is 5.84. The van der Waals surface area contributed by atoms with Gasteiger partial charge in [0.15, 0.2) is 16.3 Å². The van der Waals surface area contributed by atoms with Gasteiger partial charge in [0.25, 0.3) is 11.5 Å². The number of phenolic OH excluding ortho intramolecular Hbond substituents is 1. The van der Waals surface area contributed by atoms with Crippen LogP contribution in [0, 0.1) is 0 Å². The summed E-state index contributed by atoms with van der Waals surface area (Å²) in [5.74, 6) is -0.182. The average Bonchev–Trinajstić information content (AvgIpc) is 3.47. The van der Waals surface area contributed by atoms with E-state index >= 15 is 0 Å². The number of hydrogen-bond acceptors (Lipinski definition) is 7. The molecule has 0 fully saturated rings. The molecule has 0 spiro atoms. The number of furan rings is 1. The van der Waals surface area contributed by atoms with Crippen molar-refractivity contribution in [3.8, 4) is 11.5 Å². The van der Waals surface area contributed by atoms with Crippen LogP contribution >= 0.6 is 11.3 Å². The first-order valence-corrected chi connectivity index (χ1v) is 11.6. The van der Waals surface area contributed by atoms with E-state index in [0.717, 1.165) is 5.56 Å². The summed E-state index contributed by atoms with van der Waals surface area (Å²) in [6.07, 6.45) is 4.81. The number of hydrogen-bond donors (Lipinski definition) is 2. The number of rotatable bonds is 5. The normalized spacial score (nSPS) is 15.5. The molecule has 3 heterocycles. The predicted octanol–water partition coefficient (Wildman–Crippen LogP) is 3.18. The third-order valence-electron chi connectivity index (χ3n) is 5.66. The van der Waals surface area contributed by atoms with Gasteiger partial charge in [-0.15, -0.1) is 0 Å². The van der Waals surface area contributed by atoms with Crippen molar-refractivity contribution in [1.82, 2.24) is 4.57 Å². The van der Waals surface area contributed by atoms with Crippen LogP contribution in [0.4, 0.5) is 5.69 Å². The lowest BCUT2D eigenvalue weighted by Gasteiger charge is -2.25. The van der Waals surface area contributed by atoms with Crippen molar-refractivity contribution >= 4 is 29.0 Å². The summed E-state index contributed by atoms with van der Waals surface area (Å²) >= 11 is 1.23. The molecule has 5 rings (SSSR count). The maximum absolute atomic E-state index is 13.6. The number of aromatic nitrogens is 1. The highest BCUT2D eigenvalue weighted by atomic mass is 32.1. The molecule has 1 atom stereocenters. The smallest absolute Gasteiger partial charge is 0.271 e. The lowest BCUT2D eigenvalue weighted by atomic mass is 9.94. The number of carbonyl (C=O) groups excluding carboxylic acids is 1. The van der Waals surface area contributed by atoms with E-state index in [1.807, 2.05) is 18.2 Å². The van der Waals surface area contributed by atoms with Gasteiger partial charge in [-0.25, -0.2) is 4.99 Å². The Morgan fingerprint density at radius 1 is 1.23 bits per heavy atom. The Hall–Kier alpha value is -4.37. The lowest BCUT2D eigenvalue weighted by molar-refractivity contribution is -0.113. The lowest BCUT2D eigenvalue weighted by Crippen LogP contribution is -2.40. The van der Waals surface area contributed by atoms with Crippen molar-refractivity contribution in [2.24, 2.45) is 4.99 Å². The largest absolute Gasteiger partial charge is 0.504 e. The fraction of sp³-hybridized carbons (Fsp3) is 0.115. The highest BCUT2D eigenvalue weighted by Crippen LogP contribution is 2.35. The Balaban J connectivity index is 1.71. The third kappa shape index (κ3) is 4.17. The van der Waals surface area contributed by atoms with Crippen LogP contribution < -0.4 is 24.9 Å². The summed E-state index contributed by atoms with van der Waals surface area (Å²) in [6, 6.07) is 14.8. The van der Waals surface area contributed by atoms with Crippen molar-refractivity contribution in [2.75, 3.05) is 12.4 Å². The minimum absolute atomic E-state index is 0.0420. The summed E-state index contributed by atoms with van der Waals surface area (Å²) in [5, 5.41) is 13.0. The van der Waals surface area contributed by atoms with Crippen LogP contribution in [0.15, 0.2) is 92.6 Å². The molecular formula is C26H21N3O5S. The van der Waals surface area contributed by atoms with Gasteiger partial charge in [-0.05, 0) is 48.9 Å². The van der Waals surface area contributed by atoms with E-state index in [1.54, 1.807) is 49.6 Å². The van der Waals surface area contributed by atoms with Gasteiger partial charge in [0.05, 0.1) is 41.5 Å². The second-order valence-electron chi connectivity index (χ2n) is 7.89. The second kappa shape index (κ2) is 9.11. The SMILES string of the molecule is COc1cc(C2C(C(=O)Nc3ccccc3)=C(C)N=c3sc(=Cc4ccoc4)c(=O)n32)ccc1O. The van der Waals surface area contributed by atoms with Crippen LogP contribution in [0.3, 0.4) is 0 Å². The molecule has 4 aromatic rings. The summed E-state index contributed by atoms with van der Waals surface area (Å²) in [6.45, 7) is 1.75. The van der Waals surface area contributed by atoms with E-state index in [1.165, 1.54) is 35.3 Å². The van der Waals surface area contributed by atoms with Gasteiger partial charge in [0, 0.05) is 11.3 Å². The number of amides is 1. The molecule has 176 valence electrons. The fourth-order valence-electron chi connectivity index (χ4n) is 4.02. The van der Waals surface area contributed by atoms with Crippen LogP contribution in [0.5, 0.6) is 11.5 Å². The topological polar surface area (TPSA) is 106 Å². The number of fused-ring (bicyclic) bond motifs is 1. The summed E-state index contributed by atoms with van der Waals surface area (Å²) in [5.41, 5.74) is 2.50. The van der Waals surface area contributed by atoms with Gasteiger partial charge < -0.3 is 19.6 Å². The van der Waals surface area contributed by atoms with E-state index in [-0.39, 0.29) is 23.0 Å². The molecule has 1 aliphatic heterocycles. The molecule has 35 heavy (non-hydrogen) atoms. The molecule has 0 bridgehead atoms. The van der Waals surface area contributed by atoms with Crippen molar-refractivity contribution in [1.29, 1.82) is 0 Å². The van der Waals surface area contributed by atoms with Crippen LogP contribution in [0.2, 0.25) is 0 Å². The first-order chi connectivity index (χ1) is 17.0. The number of allylic oxidation sites excluding steroid dienone is 1. The number of methoxy groups -OCH3 is 1. The molecule has 2 N–H and O–H groups in total. The van der Waals surface area contributed by atoms with E-state index in [0.29, 0.717) is 31.9 Å². The molecule has 1 unspecified atom stereocenters. The maximum atomic E-state index is 13.6. The third-order valence-corrected chi connectivity index (χ3v) is 6.64. The zero-order valence-electron chi connectivity index (χ0n) is 18.9. The zero-order valence-corrected chi connectivity index (χ0v) is 19.7. The molecule has 0 aliphatic carbocycles. The number of benzene rings is 2. The highest BCUT2D eigenvalue weighted by molar-refractivity contribution is 7.07. The Bertz CT molecular complexity index is 1620. The summed E-state index contributed by atoms with van der Waals surface area (Å²) in [7, 11) is 1.44. The first kappa shape index (κ1) is 22.4. The van der Waals surface area contributed by atoms with Crippen LogP contribution in [-0.4, -0.2) is 22.7 Å². The van der Waals surface area contributed by atoms with E-state index < -0.39 is 6.04 Å². The van der Waals surface area contributed by atoms with Crippen molar-refractivity contribution in [2.45, 2.75) is 13.0 Å². The summed E-state index contributed by atoms with van der Waals surface area (Å²) < 4.78 is 12.4. The van der Waals surface area contributed by atoms with Gasteiger partial charge in [-0.1, -0.05) is 35.6 Å². The van der Waals surface area contributed by atoms with Gasteiger partial charge in [-0.2, -0.15) is 0 Å². The number of carbonyl (C=O) groups is 1. The van der Waals surface area contributed by atoms with Crippen molar-refractivity contribution in [3.63, 3.8) is 0 Å². The Morgan fingerprint density at radius 3 is 2.74 bits per heavy atom. The van der Waals surface area contributed by atoms with Crippen LogP contribution in [0.25, 0.3) is 6.08 Å². The molecule has 0 saturated carbocycles. The number of nitrogens with zero attached hydrogens (tertiary/aromatic N) is 2. The number of thiazole rings is 1. The molecule has 9 heteroatoms. The standard InChI is InChI=1S/C26H21N3O5S/c1-15-22(24(31)28-18-6-4-3-5-7-18)23(17-8-9-19(30)20(13-17)33-2)29-25(32)21(35-26(29)27-15)12-16-10-11-34-14-16/h3-14,23,30H,1-2H3,(H,28,31). The predicted molar refractivity (Wildman–Crippen MR) is 132 cm³/mol. The van der Waals surface area contributed by atoms with E-state index in [4.69, 9.17) is 9.15 Å². The maximum Gasteiger partial charge on any atom is 0.271 e. The molecule has 2 aromatic heterocycles. The van der Waals surface area contributed by atoms with E-state index in [9.17, 15) is 14.7 Å². The molecule has 2 aromatic carbocycles. The fourth-order valence-corrected chi connectivity index (χ4v) is 5.07. The molecule has 0 saturated heterocycles. The molecule has 1 aliphatic rings. The van der Waals surface area contributed by atoms with Crippen molar-refractivity contribution in [3.05, 3.63) is 109 Å².